The molecular formula is C22H24N4O5S. The van der Waals surface area contributed by atoms with Crippen molar-refractivity contribution in [2.45, 2.75) is 31.2 Å². The van der Waals surface area contributed by atoms with Crippen LogP contribution in [0.15, 0.2) is 51.9 Å². The molecule has 1 aliphatic rings. The Hall–Kier alpha value is -3.24. The molecular weight excluding hydrogens is 432 g/mol. The van der Waals surface area contributed by atoms with E-state index in [9.17, 15) is 13.2 Å². The maximum Gasteiger partial charge on any atom is 0.243 e. The first-order valence-corrected chi connectivity index (χ1v) is 11.6. The number of sulfonamides is 1. The molecule has 9 nitrogen and oxygen atoms in total. The van der Waals surface area contributed by atoms with Crippen molar-refractivity contribution in [3.8, 4) is 17.1 Å². The van der Waals surface area contributed by atoms with Crippen LogP contribution in [-0.4, -0.2) is 49.5 Å². The Morgan fingerprint density at radius 3 is 2.69 bits per heavy atom. The Bertz CT molecular complexity index is 1250. The Balaban J connectivity index is 1.59. The van der Waals surface area contributed by atoms with E-state index in [2.05, 4.69) is 10.1 Å². The molecule has 1 amide bonds. The van der Waals surface area contributed by atoms with E-state index in [0.29, 0.717) is 30.2 Å². The van der Waals surface area contributed by atoms with E-state index >= 15 is 0 Å². The number of hydrogen-bond acceptors (Lipinski definition) is 7. The second-order valence-electron chi connectivity index (χ2n) is 7.57. The maximum absolute atomic E-state index is 13.2. The molecule has 0 N–H and O–H groups in total. The molecule has 0 spiro atoms. The van der Waals surface area contributed by atoms with E-state index < -0.39 is 10.0 Å². The van der Waals surface area contributed by atoms with Crippen molar-refractivity contribution in [1.82, 2.24) is 14.4 Å². The molecule has 0 saturated carbocycles. The van der Waals surface area contributed by atoms with E-state index in [0.717, 1.165) is 21.9 Å². The van der Waals surface area contributed by atoms with E-state index in [4.69, 9.17) is 9.26 Å². The Morgan fingerprint density at radius 2 is 2.00 bits per heavy atom. The fraction of sp³-hybridized carbons (Fsp3) is 0.318. The second kappa shape index (κ2) is 8.71. The highest BCUT2D eigenvalue weighted by Gasteiger charge is 2.29. The minimum Gasteiger partial charge on any atom is -0.495 e. The Labute approximate surface area is 186 Å². The van der Waals surface area contributed by atoms with Gasteiger partial charge in [-0.2, -0.15) is 9.29 Å². The zero-order valence-corrected chi connectivity index (χ0v) is 18.9. The van der Waals surface area contributed by atoms with Crippen molar-refractivity contribution in [3.63, 3.8) is 0 Å². The molecule has 0 aliphatic carbocycles. The molecule has 2 heterocycles. The molecule has 0 bridgehead atoms. The molecule has 0 atom stereocenters. The molecule has 2 aromatic carbocycles. The predicted molar refractivity (Wildman–Crippen MR) is 118 cm³/mol. The minimum atomic E-state index is -3.88. The lowest BCUT2D eigenvalue weighted by atomic mass is 10.1. The summed E-state index contributed by atoms with van der Waals surface area (Å²) in [7, 11) is -0.953. The van der Waals surface area contributed by atoms with Crippen molar-refractivity contribution in [2.24, 2.45) is 0 Å². The number of ether oxygens (including phenoxy) is 1. The molecule has 1 fully saturated rings. The van der Waals surface area contributed by atoms with Gasteiger partial charge in [-0.05, 0) is 37.1 Å². The zero-order chi connectivity index (χ0) is 22.9. The fourth-order valence-corrected chi connectivity index (χ4v) is 4.79. The smallest absolute Gasteiger partial charge is 0.243 e. The summed E-state index contributed by atoms with van der Waals surface area (Å²) in [4.78, 5) is 18.2. The van der Waals surface area contributed by atoms with Gasteiger partial charge in [-0.15, -0.1) is 0 Å². The number of amides is 1. The summed E-state index contributed by atoms with van der Waals surface area (Å²) < 4.78 is 38.2. The van der Waals surface area contributed by atoms with Crippen LogP contribution in [0.5, 0.6) is 5.75 Å². The molecule has 10 heteroatoms. The number of rotatable bonds is 7. The van der Waals surface area contributed by atoms with Crippen LogP contribution in [0.25, 0.3) is 11.4 Å². The lowest BCUT2D eigenvalue weighted by Crippen LogP contribution is -2.28. The van der Waals surface area contributed by atoms with Gasteiger partial charge in [0, 0.05) is 25.6 Å². The van der Waals surface area contributed by atoms with Gasteiger partial charge in [-0.25, -0.2) is 8.42 Å². The quantitative estimate of drug-likeness (QED) is 0.538. The topological polar surface area (TPSA) is 106 Å². The number of nitrogens with zero attached hydrogens (tertiary/aromatic N) is 4. The molecule has 1 aliphatic heterocycles. The van der Waals surface area contributed by atoms with Gasteiger partial charge < -0.3 is 14.2 Å². The standard InChI is InChI=1S/C22H24N4O5S/c1-15-7-4-5-8-17(15)22-23-20(31-24-22)14-25(2)32(28,29)16-10-11-19(30-3)18(13-16)26-12-6-9-21(26)27/h4-5,7-8,10-11,13H,6,9,12,14H2,1-3H3. The van der Waals surface area contributed by atoms with Crippen molar-refractivity contribution < 1.29 is 22.5 Å². The van der Waals surface area contributed by atoms with Crippen LogP contribution < -0.4 is 9.64 Å². The number of aromatic nitrogens is 2. The first kappa shape index (κ1) is 22.0. The van der Waals surface area contributed by atoms with Gasteiger partial charge in [-0.3, -0.25) is 4.79 Å². The minimum absolute atomic E-state index is 0.0501. The Kier molecular flexibility index (Phi) is 5.98. The summed E-state index contributed by atoms with van der Waals surface area (Å²) in [5, 5.41) is 3.98. The average Bonchev–Trinajstić information content (AvgIpc) is 3.42. The summed E-state index contributed by atoms with van der Waals surface area (Å²) in [6.07, 6.45) is 1.15. The molecule has 1 saturated heterocycles. The summed E-state index contributed by atoms with van der Waals surface area (Å²) in [5.74, 6) is 0.975. The molecule has 0 unspecified atom stereocenters. The monoisotopic (exact) mass is 456 g/mol. The van der Waals surface area contributed by atoms with Crippen LogP contribution in [0.3, 0.4) is 0 Å². The summed E-state index contributed by atoms with van der Waals surface area (Å²) in [5.41, 5.74) is 2.26. The van der Waals surface area contributed by atoms with Crippen LogP contribution in [0.4, 0.5) is 5.69 Å². The van der Waals surface area contributed by atoms with Crippen LogP contribution >= 0.6 is 0 Å². The Morgan fingerprint density at radius 1 is 1.22 bits per heavy atom. The molecule has 4 rings (SSSR count). The summed E-state index contributed by atoms with van der Waals surface area (Å²) >= 11 is 0. The molecule has 168 valence electrons. The molecule has 0 radical (unpaired) electrons. The van der Waals surface area contributed by atoms with E-state index in [1.165, 1.54) is 26.3 Å². The van der Waals surface area contributed by atoms with Crippen LogP contribution in [0, 0.1) is 6.92 Å². The summed E-state index contributed by atoms with van der Waals surface area (Å²) in [6, 6.07) is 12.1. The normalized spacial score (nSPS) is 14.4. The number of benzene rings is 2. The van der Waals surface area contributed by atoms with Crippen molar-refractivity contribution in [3.05, 3.63) is 53.9 Å². The highest BCUT2D eigenvalue weighted by molar-refractivity contribution is 7.89. The number of carbonyl (C=O) groups is 1. The average molecular weight is 457 g/mol. The predicted octanol–water partition coefficient (Wildman–Crippen LogP) is 3.00. The molecule has 1 aromatic heterocycles. The second-order valence-corrected chi connectivity index (χ2v) is 9.62. The van der Waals surface area contributed by atoms with Gasteiger partial charge in [0.05, 0.1) is 24.2 Å². The molecule has 32 heavy (non-hydrogen) atoms. The number of aryl methyl sites for hydroxylation is 1. The number of anilines is 1. The van der Waals surface area contributed by atoms with Gasteiger partial charge in [0.1, 0.15) is 5.75 Å². The van der Waals surface area contributed by atoms with Gasteiger partial charge in [0.15, 0.2) is 0 Å². The van der Waals surface area contributed by atoms with E-state index in [-0.39, 0.29) is 23.2 Å². The number of methoxy groups -OCH3 is 1. The maximum atomic E-state index is 13.2. The van der Waals surface area contributed by atoms with Gasteiger partial charge in [0.2, 0.25) is 27.6 Å². The highest BCUT2D eigenvalue weighted by Crippen LogP contribution is 2.34. The van der Waals surface area contributed by atoms with Crippen LogP contribution in [-0.2, 0) is 21.4 Å². The fourth-order valence-electron chi connectivity index (χ4n) is 3.65. The SMILES string of the molecule is COc1ccc(S(=O)(=O)N(C)Cc2nc(-c3ccccc3C)no2)cc1N1CCCC1=O. The lowest BCUT2D eigenvalue weighted by molar-refractivity contribution is -0.117. The van der Waals surface area contributed by atoms with Crippen molar-refractivity contribution >= 4 is 21.6 Å². The van der Waals surface area contributed by atoms with Crippen molar-refractivity contribution in [1.29, 1.82) is 0 Å². The first-order valence-electron chi connectivity index (χ1n) is 10.1. The van der Waals surface area contributed by atoms with Gasteiger partial charge >= 0.3 is 0 Å². The third-order valence-corrected chi connectivity index (χ3v) is 7.23. The summed E-state index contributed by atoms with van der Waals surface area (Å²) in [6.45, 7) is 2.37. The highest BCUT2D eigenvalue weighted by atomic mass is 32.2. The number of hydrogen-bond donors (Lipinski definition) is 0. The van der Waals surface area contributed by atoms with Gasteiger partial charge in [-0.1, -0.05) is 29.4 Å². The first-order chi connectivity index (χ1) is 15.3. The van der Waals surface area contributed by atoms with Crippen molar-refractivity contribution in [2.75, 3.05) is 25.6 Å². The van der Waals surface area contributed by atoms with Gasteiger partial charge in [0.25, 0.3) is 0 Å². The van der Waals surface area contributed by atoms with E-state index in [1.54, 1.807) is 11.0 Å². The third-order valence-electron chi connectivity index (χ3n) is 5.43. The number of carbonyl (C=O) groups excluding carboxylic acids is 1. The third kappa shape index (κ3) is 4.11. The zero-order valence-electron chi connectivity index (χ0n) is 18.1. The lowest BCUT2D eigenvalue weighted by Gasteiger charge is -2.21. The van der Waals surface area contributed by atoms with E-state index in [1.807, 2.05) is 31.2 Å². The molecule has 3 aromatic rings. The van der Waals surface area contributed by atoms with Crippen LogP contribution in [0.1, 0.15) is 24.3 Å². The largest absolute Gasteiger partial charge is 0.495 e. The van der Waals surface area contributed by atoms with Crippen LogP contribution in [0.2, 0.25) is 0 Å².